The number of aromatic nitrogens is 1. The molecule has 1 aliphatic rings. The first-order valence-electron chi connectivity index (χ1n) is 11.1. The molecule has 0 spiro atoms. The first-order valence-corrected chi connectivity index (χ1v) is 11.1. The number of benzene rings is 2. The molecule has 2 amide bonds. The fraction of sp³-hybridized carbons (Fsp3) is 0.222. The van der Waals surface area contributed by atoms with E-state index < -0.39 is 0 Å². The maximum absolute atomic E-state index is 13.3. The first kappa shape index (κ1) is 20.9. The minimum Gasteiger partial charge on any atom is -0.451 e. The van der Waals surface area contributed by atoms with Crippen molar-refractivity contribution in [3.05, 3.63) is 89.9 Å². The van der Waals surface area contributed by atoms with Gasteiger partial charge in [0, 0.05) is 37.4 Å². The molecule has 1 aliphatic heterocycles. The smallest absolute Gasteiger partial charge is 0.289 e. The van der Waals surface area contributed by atoms with Crippen LogP contribution in [0.5, 0.6) is 0 Å². The summed E-state index contributed by atoms with van der Waals surface area (Å²) in [4.78, 5) is 32.0. The molecule has 0 unspecified atom stereocenters. The van der Waals surface area contributed by atoms with Crippen molar-refractivity contribution < 1.29 is 14.0 Å². The van der Waals surface area contributed by atoms with E-state index in [2.05, 4.69) is 16.4 Å². The number of rotatable bonds is 4. The number of amides is 2. The van der Waals surface area contributed by atoms with Crippen LogP contribution in [0, 0.1) is 12.8 Å². The Labute approximate surface area is 192 Å². The molecule has 3 heterocycles. The van der Waals surface area contributed by atoms with Crippen LogP contribution in [-0.4, -0.2) is 41.3 Å². The molecule has 0 radical (unpaired) electrons. The van der Waals surface area contributed by atoms with Gasteiger partial charge in [0.05, 0.1) is 5.92 Å². The number of carbonyl (C=O) groups is 2. The second-order valence-corrected chi connectivity index (χ2v) is 8.49. The molecule has 1 saturated heterocycles. The van der Waals surface area contributed by atoms with Gasteiger partial charge in [-0.1, -0.05) is 35.9 Å². The number of fused-ring (bicyclic) bond motifs is 1. The minimum atomic E-state index is -0.355. The molecule has 1 N–H and O–H groups in total. The Kier molecular flexibility index (Phi) is 5.65. The van der Waals surface area contributed by atoms with Gasteiger partial charge in [0.15, 0.2) is 5.76 Å². The number of hydrogen-bond donors (Lipinski definition) is 1. The van der Waals surface area contributed by atoms with Gasteiger partial charge in [-0.2, -0.15) is 0 Å². The second kappa shape index (κ2) is 8.90. The zero-order chi connectivity index (χ0) is 22.8. The Morgan fingerprint density at radius 2 is 1.94 bits per heavy atom. The molecule has 2 aromatic heterocycles. The molecule has 6 nitrogen and oxygen atoms in total. The van der Waals surface area contributed by atoms with Crippen LogP contribution >= 0.6 is 0 Å². The highest BCUT2D eigenvalue weighted by Crippen LogP contribution is 2.27. The summed E-state index contributed by atoms with van der Waals surface area (Å²) in [6, 6.07) is 19.6. The molecule has 33 heavy (non-hydrogen) atoms. The van der Waals surface area contributed by atoms with Crippen LogP contribution in [0.1, 0.15) is 21.7 Å². The molecule has 0 saturated carbocycles. The van der Waals surface area contributed by atoms with Crippen LogP contribution in [-0.2, 0) is 11.2 Å². The summed E-state index contributed by atoms with van der Waals surface area (Å²) in [7, 11) is 0. The summed E-state index contributed by atoms with van der Waals surface area (Å²) in [6.07, 6.45) is 4.06. The van der Waals surface area contributed by atoms with Crippen molar-refractivity contribution >= 4 is 22.8 Å². The molecule has 166 valence electrons. The summed E-state index contributed by atoms with van der Waals surface area (Å²) in [5.41, 5.74) is 5.00. The number of aryl methyl sites for hydroxylation is 1. The van der Waals surface area contributed by atoms with Crippen LogP contribution in [0.15, 0.2) is 77.5 Å². The Balaban J connectivity index is 1.40. The number of hydrogen-bond acceptors (Lipinski definition) is 4. The van der Waals surface area contributed by atoms with E-state index >= 15 is 0 Å². The highest BCUT2D eigenvalue weighted by Gasteiger charge is 2.30. The van der Waals surface area contributed by atoms with Gasteiger partial charge in [0.1, 0.15) is 5.58 Å². The molecule has 6 heteroatoms. The van der Waals surface area contributed by atoms with Crippen LogP contribution in [0.3, 0.4) is 0 Å². The predicted octanol–water partition coefficient (Wildman–Crippen LogP) is 4.23. The maximum atomic E-state index is 13.3. The monoisotopic (exact) mass is 439 g/mol. The summed E-state index contributed by atoms with van der Waals surface area (Å²) >= 11 is 0. The van der Waals surface area contributed by atoms with E-state index in [9.17, 15) is 9.59 Å². The Hall–Kier alpha value is -3.93. The van der Waals surface area contributed by atoms with Crippen molar-refractivity contribution in [1.82, 2.24) is 15.2 Å². The molecular weight excluding hydrogens is 414 g/mol. The van der Waals surface area contributed by atoms with Gasteiger partial charge in [-0.3, -0.25) is 14.6 Å². The lowest BCUT2D eigenvalue weighted by Crippen LogP contribution is -2.37. The van der Waals surface area contributed by atoms with Crippen LogP contribution < -0.4 is 5.32 Å². The minimum absolute atomic E-state index is 0.0323. The van der Waals surface area contributed by atoms with E-state index in [0.717, 1.165) is 27.6 Å². The summed E-state index contributed by atoms with van der Waals surface area (Å²) in [5.74, 6) is -0.269. The molecule has 1 atom stereocenters. The summed E-state index contributed by atoms with van der Waals surface area (Å²) in [5, 5.41) is 3.88. The fourth-order valence-corrected chi connectivity index (χ4v) is 4.44. The van der Waals surface area contributed by atoms with E-state index in [1.807, 2.05) is 55.5 Å². The maximum Gasteiger partial charge on any atom is 0.289 e. The number of nitrogens with zero attached hydrogens (tertiary/aromatic N) is 2. The molecule has 4 aromatic rings. The van der Waals surface area contributed by atoms with Crippen molar-refractivity contribution in [3.8, 4) is 11.1 Å². The van der Waals surface area contributed by atoms with Crippen molar-refractivity contribution in [2.45, 2.75) is 13.3 Å². The third-order valence-corrected chi connectivity index (χ3v) is 6.14. The largest absolute Gasteiger partial charge is 0.451 e. The zero-order valence-corrected chi connectivity index (χ0v) is 18.5. The van der Waals surface area contributed by atoms with E-state index in [0.29, 0.717) is 37.4 Å². The van der Waals surface area contributed by atoms with Crippen LogP contribution in [0.2, 0.25) is 0 Å². The second-order valence-electron chi connectivity index (χ2n) is 8.49. The molecule has 2 aromatic carbocycles. The van der Waals surface area contributed by atoms with Crippen molar-refractivity contribution in [2.24, 2.45) is 5.92 Å². The molecular formula is C27H25N3O3. The number of pyridine rings is 1. The van der Waals surface area contributed by atoms with Crippen molar-refractivity contribution in [2.75, 3.05) is 19.6 Å². The predicted molar refractivity (Wildman–Crippen MR) is 127 cm³/mol. The topological polar surface area (TPSA) is 75.4 Å². The standard InChI is InChI=1S/C27H25N3O3/c1-18-6-7-24-21(14-18)16-25(33-24)27(32)30-13-12-29-26(31)22(17-30)15-20-4-2-3-5-23(20)19-8-10-28-11-9-19/h2-11,14,16,22H,12-13,15,17H2,1H3,(H,29,31)/t22-/m1/s1. The van der Waals surface area contributed by atoms with Gasteiger partial charge < -0.3 is 14.6 Å². The molecule has 0 bridgehead atoms. The SMILES string of the molecule is Cc1ccc2oc(C(=O)N3CCNC(=O)[C@H](Cc4ccccc4-c4ccncc4)C3)cc2c1. The normalized spacial score (nSPS) is 16.5. The Morgan fingerprint density at radius 1 is 1.12 bits per heavy atom. The van der Waals surface area contributed by atoms with Crippen LogP contribution in [0.25, 0.3) is 22.1 Å². The summed E-state index contributed by atoms with van der Waals surface area (Å²) < 4.78 is 5.83. The third-order valence-electron chi connectivity index (χ3n) is 6.14. The fourth-order valence-electron chi connectivity index (χ4n) is 4.44. The van der Waals surface area contributed by atoms with E-state index in [1.54, 1.807) is 23.4 Å². The quantitative estimate of drug-likeness (QED) is 0.516. The zero-order valence-electron chi connectivity index (χ0n) is 18.5. The van der Waals surface area contributed by atoms with E-state index in [1.165, 1.54) is 0 Å². The number of nitrogens with one attached hydrogen (secondary N) is 1. The van der Waals surface area contributed by atoms with Gasteiger partial charge in [-0.15, -0.1) is 0 Å². The number of carbonyl (C=O) groups excluding carboxylic acids is 2. The molecule has 0 aliphatic carbocycles. The van der Waals surface area contributed by atoms with E-state index in [-0.39, 0.29) is 17.7 Å². The average molecular weight is 440 g/mol. The highest BCUT2D eigenvalue weighted by molar-refractivity contribution is 5.96. The lowest BCUT2D eigenvalue weighted by molar-refractivity contribution is -0.124. The van der Waals surface area contributed by atoms with Gasteiger partial charge in [-0.05, 0) is 60.4 Å². The Bertz CT molecular complexity index is 1310. The van der Waals surface area contributed by atoms with Gasteiger partial charge in [0.25, 0.3) is 5.91 Å². The van der Waals surface area contributed by atoms with Crippen molar-refractivity contribution in [1.29, 1.82) is 0 Å². The lowest BCUT2D eigenvalue weighted by atomic mass is 9.92. The lowest BCUT2D eigenvalue weighted by Gasteiger charge is -2.23. The third kappa shape index (κ3) is 4.37. The van der Waals surface area contributed by atoms with Gasteiger partial charge in [0.2, 0.25) is 5.91 Å². The van der Waals surface area contributed by atoms with Crippen LogP contribution in [0.4, 0.5) is 0 Å². The highest BCUT2D eigenvalue weighted by atomic mass is 16.3. The average Bonchev–Trinajstić information content (AvgIpc) is 3.17. The van der Waals surface area contributed by atoms with Gasteiger partial charge >= 0.3 is 0 Å². The summed E-state index contributed by atoms with van der Waals surface area (Å²) in [6.45, 7) is 3.22. The molecule has 1 fully saturated rings. The van der Waals surface area contributed by atoms with Gasteiger partial charge in [-0.25, -0.2) is 0 Å². The molecule has 5 rings (SSSR count). The Morgan fingerprint density at radius 3 is 2.79 bits per heavy atom. The number of furan rings is 1. The van der Waals surface area contributed by atoms with E-state index in [4.69, 9.17) is 4.42 Å². The van der Waals surface area contributed by atoms with Crippen molar-refractivity contribution in [3.63, 3.8) is 0 Å². The first-order chi connectivity index (χ1) is 16.1.